The van der Waals surface area contributed by atoms with E-state index in [4.69, 9.17) is 16.3 Å². The van der Waals surface area contributed by atoms with Crippen LogP contribution < -0.4 is 5.32 Å². The highest BCUT2D eigenvalue weighted by atomic mass is 35.5. The molecule has 1 N–H and O–H groups in total. The molecule has 0 bridgehead atoms. The van der Waals surface area contributed by atoms with Crippen LogP contribution in [0.5, 0.6) is 0 Å². The second kappa shape index (κ2) is 10.6. The minimum absolute atomic E-state index is 0.0188. The van der Waals surface area contributed by atoms with Gasteiger partial charge in [0.05, 0.1) is 15.6 Å². The van der Waals surface area contributed by atoms with Gasteiger partial charge in [-0.1, -0.05) is 57.5 Å². The smallest absolute Gasteiger partial charge is 0.306 e. The van der Waals surface area contributed by atoms with E-state index in [2.05, 4.69) is 33.0 Å². The van der Waals surface area contributed by atoms with E-state index < -0.39 is 11.9 Å². The van der Waals surface area contributed by atoms with Crippen molar-refractivity contribution in [1.82, 2.24) is 0 Å². The number of para-hydroxylation sites is 1. The number of amides is 1. The van der Waals surface area contributed by atoms with E-state index in [0.717, 1.165) is 16.8 Å². The van der Waals surface area contributed by atoms with E-state index in [-0.39, 0.29) is 37.1 Å². The van der Waals surface area contributed by atoms with E-state index in [1.54, 1.807) is 12.1 Å². The van der Waals surface area contributed by atoms with E-state index in [1.807, 2.05) is 18.2 Å². The van der Waals surface area contributed by atoms with Crippen LogP contribution in [-0.4, -0.2) is 24.3 Å². The second-order valence-electron chi connectivity index (χ2n) is 7.36. The number of ketones is 1. The van der Waals surface area contributed by atoms with Crippen molar-refractivity contribution in [3.05, 3.63) is 50.7 Å². The summed E-state index contributed by atoms with van der Waals surface area (Å²) in [5, 5.41) is 2.89. The van der Waals surface area contributed by atoms with Gasteiger partial charge in [0, 0.05) is 12.1 Å². The van der Waals surface area contributed by atoms with Crippen molar-refractivity contribution < 1.29 is 19.1 Å². The molecule has 0 fully saturated rings. The summed E-state index contributed by atoms with van der Waals surface area (Å²) in [5.41, 5.74) is 2.86. The Labute approximate surface area is 180 Å². The molecule has 0 saturated carbocycles. The first-order valence-electron chi connectivity index (χ1n) is 9.55. The molecule has 2 rings (SSSR count). The zero-order chi connectivity index (χ0) is 21.6. The van der Waals surface area contributed by atoms with Crippen LogP contribution in [0.25, 0.3) is 0 Å². The number of anilines is 1. The van der Waals surface area contributed by atoms with Gasteiger partial charge in [-0.3, -0.25) is 14.4 Å². The number of Topliss-reactive ketones (excluding diaryl/α,β-unsaturated/α-hetero) is 1. The summed E-state index contributed by atoms with van der Waals surface area (Å²) in [7, 11) is 0. The van der Waals surface area contributed by atoms with Crippen LogP contribution in [0.4, 0.5) is 5.69 Å². The third kappa shape index (κ3) is 6.68. The minimum Gasteiger partial charge on any atom is -0.456 e. The number of ether oxygens (including phenoxy) is 1. The zero-order valence-electron chi connectivity index (χ0n) is 17.1. The quantitative estimate of drug-likeness (QED) is 0.399. The summed E-state index contributed by atoms with van der Waals surface area (Å²) < 4.78 is 5.57. The summed E-state index contributed by atoms with van der Waals surface area (Å²) in [6.45, 7) is 7.86. The van der Waals surface area contributed by atoms with Gasteiger partial charge in [0.15, 0.2) is 12.4 Å². The van der Waals surface area contributed by atoms with E-state index >= 15 is 0 Å². The van der Waals surface area contributed by atoms with Crippen LogP contribution in [0.15, 0.2) is 30.3 Å². The number of esters is 1. The molecule has 0 atom stereocenters. The van der Waals surface area contributed by atoms with Gasteiger partial charge >= 0.3 is 5.97 Å². The number of rotatable bonds is 9. The molecular formula is C22H26ClNO4S. The fraction of sp³-hybridized carbons (Fsp3) is 0.409. The third-order valence-corrected chi connectivity index (χ3v) is 5.68. The monoisotopic (exact) mass is 435 g/mol. The number of hydrogen-bond donors (Lipinski definition) is 1. The van der Waals surface area contributed by atoms with Crippen molar-refractivity contribution in [1.29, 1.82) is 0 Å². The van der Waals surface area contributed by atoms with Crippen LogP contribution in [0.2, 0.25) is 4.34 Å². The van der Waals surface area contributed by atoms with E-state index in [1.165, 1.54) is 11.3 Å². The van der Waals surface area contributed by atoms with Gasteiger partial charge in [-0.05, 0) is 35.1 Å². The highest BCUT2D eigenvalue weighted by Crippen LogP contribution is 2.32. The topological polar surface area (TPSA) is 72.5 Å². The minimum atomic E-state index is -0.586. The fourth-order valence-electron chi connectivity index (χ4n) is 2.89. The molecule has 0 aliphatic heterocycles. The van der Waals surface area contributed by atoms with Crippen LogP contribution in [0.3, 0.4) is 0 Å². The predicted octanol–water partition coefficient (Wildman–Crippen LogP) is 5.79. The first kappa shape index (κ1) is 23.1. The number of benzene rings is 1. The Morgan fingerprint density at radius 1 is 1.00 bits per heavy atom. The number of carbonyl (C=O) groups is 3. The first-order valence-corrected chi connectivity index (χ1v) is 10.7. The van der Waals surface area contributed by atoms with Crippen molar-refractivity contribution in [3.63, 3.8) is 0 Å². The summed E-state index contributed by atoms with van der Waals surface area (Å²) in [6, 6.07) is 9.23. The van der Waals surface area contributed by atoms with Gasteiger partial charge in [-0.25, -0.2) is 0 Å². The lowest BCUT2D eigenvalue weighted by molar-refractivity contribution is -0.147. The number of carbonyl (C=O) groups excluding carboxylic acids is 3. The molecule has 1 aromatic heterocycles. The Hall–Kier alpha value is -2.18. The molecule has 29 heavy (non-hydrogen) atoms. The normalized spacial score (nSPS) is 11.0. The van der Waals surface area contributed by atoms with Crippen molar-refractivity contribution in [2.24, 2.45) is 0 Å². The van der Waals surface area contributed by atoms with Gasteiger partial charge in [0.2, 0.25) is 0 Å². The van der Waals surface area contributed by atoms with Gasteiger partial charge in [-0.15, -0.1) is 11.3 Å². The van der Waals surface area contributed by atoms with Crippen molar-refractivity contribution in [2.75, 3.05) is 11.9 Å². The second-order valence-corrected chi connectivity index (χ2v) is 9.07. The molecule has 1 heterocycles. The van der Waals surface area contributed by atoms with Crippen molar-refractivity contribution >= 4 is 46.3 Å². The molecule has 2 aromatic rings. The molecule has 5 nitrogen and oxygen atoms in total. The lowest BCUT2D eigenvalue weighted by Gasteiger charge is -2.20. The number of thiophene rings is 1. The highest BCUT2D eigenvalue weighted by molar-refractivity contribution is 7.18. The molecule has 0 spiro atoms. The highest BCUT2D eigenvalue weighted by Gasteiger charge is 2.17. The maximum absolute atomic E-state index is 12.4. The number of hydrogen-bond acceptors (Lipinski definition) is 5. The molecule has 1 aromatic carbocycles. The molecular weight excluding hydrogens is 410 g/mol. The van der Waals surface area contributed by atoms with Crippen LogP contribution in [0.1, 0.15) is 73.2 Å². The Morgan fingerprint density at radius 2 is 1.62 bits per heavy atom. The lowest BCUT2D eigenvalue weighted by atomic mass is 9.92. The summed E-state index contributed by atoms with van der Waals surface area (Å²) in [6.07, 6.45) is -0.0631. The van der Waals surface area contributed by atoms with Crippen LogP contribution in [0, 0.1) is 0 Å². The molecule has 0 radical (unpaired) electrons. The Morgan fingerprint density at radius 3 is 2.14 bits per heavy atom. The fourth-order valence-corrected chi connectivity index (χ4v) is 3.90. The van der Waals surface area contributed by atoms with Crippen molar-refractivity contribution in [3.8, 4) is 0 Å². The zero-order valence-corrected chi connectivity index (χ0v) is 18.7. The summed E-state index contributed by atoms with van der Waals surface area (Å²) in [4.78, 5) is 36.8. The molecule has 1 amide bonds. The average Bonchev–Trinajstić information content (AvgIpc) is 3.10. The van der Waals surface area contributed by atoms with Crippen LogP contribution in [-0.2, 0) is 14.3 Å². The Balaban J connectivity index is 1.90. The van der Waals surface area contributed by atoms with Gasteiger partial charge in [0.25, 0.3) is 5.91 Å². The standard InChI is InChI=1S/C22H26ClNO4S/c1-13(2)15-6-5-7-16(14(3)4)22(15)24-20(26)12-28-21(27)11-8-17(25)18-9-10-19(23)29-18/h5-7,9-10,13-14H,8,11-12H2,1-4H3,(H,24,26). The van der Waals surface area contributed by atoms with Gasteiger partial charge < -0.3 is 10.1 Å². The largest absolute Gasteiger partial charge is 0.456 e. The molecule has 0 aliphatic carbocycles. The molecule has 156 valence electrons. The lowest BCUT2D eigenvalue weighted by Crippen LogP contribution is -2.23. The average molecular weight is 436 g/mol. The maximum atomic E-state index is 12.4. The maximum Gasteiger partial charge on any atom is 0.306 e. The molecule has 0 unspecified atom stereocenters. The summed E-state index contributed by atoms with van der Waals surface area (Å²) in [5.74, 6) is -0.676. The molecule has 0 saturated heterocycles. The Bertz CT molecular complexity index is 862. The summed E-state index contributed by atoms with van der Waals surface area (Å²) >= 11 is 6.98. The number of halogens is 1. The van der Waals surface area contributed by atoms with Crippen molar-refractivity contribution in [2.45, 2.75) is 52.4 Å². The SMILES string of the molecule is CC(C)c1cccc(C(C)C)c1NC(=O)COC(=O)CCC(=O)c1ccc(Cl)s1. The third-order valence-electron chi connectivity index (χ3n) is 4.41. The van der Waals surface area contributed by atoms with E-state index in [0.29, 0.717) is 9.21 Å². The van der Waals surface area contributed by atoms with Gasteiger partial charge in [0.1, 0.15) is 0 Å². The molecule has 0 aliphatic rings. The number of nitrogens with one attached hydrogen (secondary N) is 1. The van der Waals surface area contributed by atoms with Gasteiger partial charge in [-0.2, -0.15) is 0 Å². The van der Waals surface area contributed by atoms with Crippen LogP contribution >= 0.6 is 22.9 Å². The predicted molar refractivity (Wildman–Crippen MR) is 117 cm³/mol. The molecule has 7 heteroatoms. The first-order chi connectivity index (χ1) is 13.7. The Kier molecular flexibility index (Phi) is 8.41. The van der Waals surface area contributed by atoms with E-state index in [9.17, 15) is 14.4 Å².